The molecule has 0 saturated carbocycles. The van der Waals surface area contributed by atoms with E-state index in [-0.39, 0.29) is 95.2 Å². The van der Waals surface area contributed by atoms with Crippen molar-refractivity contribution in [3.05, 3.63) is 71.3 Å². The number of nitrogens with one attached hydrogen (secondary N) is 6. The van der Waals surface area contributed by atoms with Crippen LogP contribution in [-0.2, 0) is 19.2 Å². The Bertz CT molecular complexity index is 2200. The summed E-state index contributed by atoms with van der Waals surface area (Å²) in [6.45, 7) is 2.31. The number of amides is 7. The van der Waals surface area contributed by atoms with Gasteiger partial charge in [0, 0.05) is 30.0 Å². The summed E-state index contributed by atoms with van der Waals surface area (Å²) >= 11 is 0. The summed E-state index contributed by atoms with van der Waals surface area (Å²) in [5, 5.41) is 16.1. The molecule has 0 spiro atoms. The Labute approximate surface area is 376 Å². The molecule has 0 aliphatic heterocycles. The lowest BCUT2D eigenvalue weighted by Gasteiger charge is -2.21. The molecule has 3 aromatic rings. The second kappa shape index (κ2) is 26.2. The summed E-state index contributed by atoms with van der Waals surface area (Å²) < 4.78 is 16.0. The summed E-state index contributed by atoms with van der Waals surface area (Å²) in [4.78, 5) is 96.1. The van der Waals surface area contributed by atoms with Gasteiger partial charge in [0.25, 0.3) is 17.7 Å². The van der Waals surface area contributed by atoms with Crippen LogP contribution in [0.4, 0.5) is 17.1 Å². The Hall–Kier alpha value is -7.46. The fourth-order valence-electron chi connectivity index (χ4n) is 6.25. The van der Waals surface area contributed by atoms with Gasteiger partial charge in [-0.25, -0.2) is 0 Å². The van der Waals surface area contributed by atoms with E-state index in [0.29, 0.717) is 32.2 Å². The molecule has 65 heavy (non-hydrogen) atoms. The van der Waals surface area contributed by atoms with Crippen LogP contribution in [0.25, 0.3) is 0 Å². The van der Waals surface area contributed by atoms with Gasteiger partial charge in [-0.15, -0.1) is 0 Å². The molecule has 22 nitrogen and oxygen atoms in total. The first kappa shape index (κ1) is 51.9. The van der Waals surface area contributed by atoms with Crippen LogP contribution in [0.1, 0.15) is 82.9 Å². The van der Waals surface area contributed by atoms with E-state index < -0.39 is 53.6 Å². The number of carbonyl (C=O) groups is 7. The van der Waals surface area contributed by atoms with Crippen molar-refractivity contribution in [3.63, 3.8) is 0 Å². The van der Waals surface area contributed by atoms with Crippen molar-refractivity contribution >= 4 is 64.4 Å². The smallest absolute Gasteiger partial charge is 0.255 e. The molecule has 0 radical (unpaired) electrons. The van der Waals surface area contributed by atoms with Crippen LogP contribution in [0, 0.1) is 0 Å². The van der Waals surface area contributed by atoms with Gasteiger partial charge in [0.2, 0.25) is 23.6 Å². The highest BCUT2D eigenvalue weighted by Crippen LogP contribution is 2.26. The van der Waals surface area contributed by atoms with Crippen LogP contribution in [0.3, 0.4) is 0 Å². The Morgan fingerprint density at radius 2 is 0.985 bits per heavy atom. The van der Waals surface area contributed by atoms with Gasteiger partial charge >= 0.3 is 0 Å². The van der Waals surface area contributed by atoms with Gasteiger partial charge in [0.05, 0.1) is 38.0 Å². The number of methoxy groups -OCH3 is 3. The molecule has 0 heterocycles. The topological polar surface area (TPSA) is 362 Å². The van der Waals surface area contributed by atoms with Gasteiger partial charge < -0.3 is 74.8 Å². The number of carbonyl (C=O) groups excluding carboxylic acids is 7. The summed E-state index contributed by atoms with van der Waals surface area (Å²) in [6.07, 6.45) is 2.22. The van der Waals surface area contributed by atoms with Crippen LogP contribution in [0.5, 0.6) is 17.2 Å². The molecule has 3 rings (SSSR count). The van der Waals surface area contributed by atoms with E-state index in [1.807, 2.05) is 0 Å². The average molecular weight is 905 g/mol. The lowest BCUT2D eigenvalue weighted by atomic mass is 10.1. The third-order valence-corrected chi connectivity index (χ3v) is 9.67. The fourth-order valence-corrected chi connectivity index (χ4v) is 6.25. The maximum Gasteiger partial charge on any atom is 0.255 e. The highest BCUT2D eigenvalue weighted by atomic mass is 16.5. The maximum atomic E-state index is 13.8. The number of hydrogen-bond donors (Lipinski definition) is 11. The molecule has 7 amide bonds. The zero-order valence-corrected chi connectivity index (χ0v) is 36.9. The first-order chi connectivity index (χ1) is 31.0. The average Bonchev–Trinajstić information content (AvgIpc) is 3.28. The zero-order chi connectivity index (χ0) is 48.1. The molecule has 16 N–H and O–H groups in total. The van der Waals surface area contributed by atoms with Crippen molar-refractivity contribution < 1.29 is 47.8 Å². The Kier molecular flexibility index (Phi) is 20.9. The molecule has 352 valence electrons. The molecule has 3 atom stereocenters. The van der Waals surface area contributed by atoms with E-state index in [1.165, 1.54) is 82.9 Å². The van der Waals surface area contributed by atoms with Crippen molar-refractivity contribution in [2.45, 2.75) is 70.0 Å². The van der Waals surface area contributed by atoms with Crippen LogP contribution in [-0.4, -0.2) is 106 Å². The minimum Gasteiger partial charge on any atom is -0.496 e. The molecular formula is C43H60N12O10. The Balaban J connectivity index is 1.76. The molecule has 0 bridgehead atoms. The van der Waals surface area contributed by atoms with Crippen molar-refractivity contribution in [2.24, 2.45) is 33.7 Å². The predicted molar refractivity (Wildman–Crippen MR) is 245 cm³/mol. The SMILES string of the molecule is COc1ccc(NC(=O)C(CCCN)NC(=O)c2cc(NC(=O)C(CCCN)NC(=O)c3cc(NC(=O)C(C)NC(=O)CCCCN=C(N)N)ccc3OC)ccc2OC)cc1C(N)=O. The van der Waals surface area contributed by atoms with Crippen molar-refractivity contribution in [3.8, 4) is 17.2 Å². The first-order valence-corrected chi connectivity index (χ1v) is 20.7. The number of hydrogen-bond acceptors (Lipinski definition) is 13. The highest BCUT2D eigenvalue weighted by Gasteiger charge is 2.27. The van der Waals surface area contributed by atoms with E-state index in [0.717, 1.165) is 0 Å². The number of primary amides is 1. The van der Waals surface area contributed by atoms with Gasteiger partial charge in [0.1, 0.15) is 35.4 Å². The number of benzene rings is 3. The Morgan fingerprint density at radius 3 is 1.38 bits per heavy atom. The molecule has 0 aromatic heterocycles. The van der Waals surface area contributed by atoms with E-state index >= 15 is 0 Å². The minimum atomic E-state index is -1.14. The van der Waals surface area contributed by atoms with Crippen LogP contribution < -0.4 is 74.8 Å². The summed E-state index contributed by atoms with van der Waals surface area (Å²) in [7, 11) is 4.06. The molecule has 3 unspecified atom stereocenters. The van der Waals surface area contributed by atoms with Crippen molar-refractivity contribution in [1.29, 1.82) is 0 Å². The lowest BCUT2D eigenvalue weighted by molar-refractivity contribution is -0.126. The quantitative estimate of drug-likeness (QED) is 0.0300. The predicted octanol–water partition coefficient (Wildman–Crippen LogP) is 0.650. The van der Waals surface area contributed by atoms with Gasteiger partial charge in [-0.1, -0.05) is 0 Å². The number of ether oxygens (including phenoxy) is 3. The third kappa shape index (κ3) is 16.3. The number of nitrogens with two attached hydrogens (primary N) is 5. The molecule has 0 aliphatic rings. The number of anilines is 3. The monoisotopic (exact) mass is 904 g/mol. The second-order valence-electron chi connectivity index (χ2n) is 14.5. The molecule has 0 aliphatic carbocycles. The first-order valence-electron chi connectivity index (χ1n) is 20.7. The summed E-state index contributed by atoms with van der Waals surface area (Å²) in [6, 6.07) is 9.80. The minimum absolute atomic E-state index is 0.00903. The highest BCUT2D eigenvalue weighted by molar-refractivity contribution is 6.06. The second-order valence-corrected chi connectivity index (χ2v) is 14.5. The van der Waals surface area contributed by atoms with E-state index in [4.69, 9.17) is 42.9 Å². The van der Waals surface area contributed by atoms with Gasteiger partial charge in [-0.2, -0.15) is 0 Å². The molecule has 0 saturated heterocycles. The van der Waals surface area contributed by atoms with Crippen LogP contribution >= 0.6 is 0 Å². The van der Waals surface area contributed by atoms with Gasteiger partial charge in [-0.05, 0) is 113 Å². The number of rotatable bonds is 26. The Morgan fingerprint density at radius 1 is 0.569 bits per heavy atom. The van der Waals surface area contributed by atoms with E-state index in [9.17, 15) is 33.6 Å². The maximum absolute atomic E-state index is 13.8. The molecular weight excluding hydrogens is 845 g/mol. The number of unbranched alkanes of at least 4 members (excludes halogenated alkanes) is 1. The standard InChI is InChI=1S/C43H60N12O10/c1-24(50-36(56)11-5-6-20-49-43(47)48)38(58)51-26-13-16-34(64-3)29(22-26)39(59)55-32(10-8-19-45)42(62)53-27-14-17-35(65-4)30(23-27)40(60)54-31(9-7-18-44)41(61)52-25-12-15-33(63-2)28(21-25)37(46)57/h12-17,21-24,31-32H,5-11,18-20,44-45H2,1-4H3,(H2,46,57)(H,50,56)(H,51,58)(H,52,61)(H,53,62)(H,54,60)(H,55,59)(H4,47,48,49). The summed E-state index contributed by atoms with van der Waals surface area (Å²) in [5.41, 5.74) is 28.2. The molecule has 22 heteroatoms. The molecule has 3 aromatic carbocycles. The van der Waals surface area contributed by atoms with E-state index in [2.05, 4.69) is 36.9 Å². The summed E-state index contributed by atoms with van der Waals surface area (Å²) in [5.74, 6) is -3.91. The third-order valence-electron chi connectivity index (χ3n) is 9.67. The largest absolute Gasteiger partial charge is 0.496 e. The van der Waals surface area contributed by atoms with Crippen molar-refractivity contribution in [2.75, 3.05) is 56.9 Å². The van der Waals surface area contributed by atoms with E-state index in [1.54, 1.807) is 0 Å². The lowest BCUT2D eigenvalue weighted by Crippen LogP contribution is -2.44. The van der Waals surface area contributed by atoms with Crippen molar-refractivity contribution in [1.82, 2.24) is 16.0 Å². The number of nitrogens with zero attached hydrogens (tertiary/aromatic N) is 1. The fraction of sp³-hybridized carbons (Fsp3) is 0.395. The van der Waals surface area contributed by atoms with Gasteiger partial charge in [0.15, 0.2) is 5.96 Å². The normalized spacial score (nSPS) is 12.0. The molecule has 0 fully saturated rings. The van der Waals surface area contributed by atoms with Crippen LogP contribution in [0.15, 0.2) is 59.6 Å². The number of aliphatic imine (C=N–C) groups is 1. The van der Waals surface area contributed by atoms with Crippen LogP contribution in [0.2, 0.25) is 0 Å². The van der Waals surface area contributed by atoms with Gasteiger partial charge in [-0.3, -0.25) is 38.6 Å². The zero-order valence-electron chi connectivity index (χ0n) is 36.9. The number of guanidine groups is 1.